The van der Waals surface area contributed by atoms with Crippen LogP contribution in [0.5, 0.6) is 5.75 Å². The summed E-state index contributed by atoms with van der Waals surface area (Å²) in [7, 11) is 1.61. The van der Waals surface area contributed by atoms with Crippen LogP contribution in [-0.2, 0) is 6.54 Å². The van der Waals surface area contributed by atoms with Crippen molar-refractivity contribution in [2.24, 2.45) is 5.92 Å². The number of carbonyl (C=O) groups excluding carboxylic acids is 2. The summed E-state index contributed by atoms with van der Waals surface area (Å²) in [6.07, 6.45) is 1.46. The number of aromatic nitrogens is 1. The van der Waals surface area contributed by atoms with Gasteiger partial charge < -0.3 is 15.4 Å². The summed E-state index contributed by atoms with van der Waals surface area (Å²) in [4.78, 5) is 28.4. The van der Waals surface area contributed by atoms with Gasteiger partial charge in [-0.3, -0.25) is 14.6 Å². The van der Waals surface area contributed by atoms with E-state index in [4.69, 9.17) is 4.74 Å². The fraction of sp³-hybridized carbons (Fsp3) is 0.316. The van der Waals surface area contributed by atoms with E-state index in [9.17, 15) is 9.59 Å². The van der Waals surface area contributed by atoms with Gasteiger partial charge >= 0.3 is 0 Å². The molecule has 0 aliphatic heterocycles. The Balaban J connectivity index is 1.96. The van der Waals surface area contributed by atoms with E-state index in [0.29, 0.717) is 24.6 Å². The van der Waals surface area contributed by atoms with Crippen LogP contribution in [0.4, 0.5) is 0 Å². The highest BCUT2D eigenvalue weighted by molar-refractivity contribution is 5.98. The lowest BCUT2D eigenvalue weighted by Crippen LogP contribution is -2.29. The summed E-state index contributed by atoms with van der Waals surface area (Å²) in [6, 6.07) is 10.5. The largest absolute Gasteiger partial charge is 0.497 e. The first kappa shape index (κ1) is 18.4. The molecule has 0 aliphatic carbocycles. The number of rotatable bonds is 7. The minimum absolute atomic E-state index is 0.234. The average Bonchev–Trinajstić information content (AvgIpc) is 2.64. The van der Waals surface area contributed by atoms with Crippen molar-refractivity contribution in [2.45, 2.75) is 20.4 Å². The molecule has 2 rings (SSSR count). The third-order valence-corrected chi connectivity index (χ3v) is 3.54. The molecule has 6 nitrogen and oxygen atoms in total. The second-order valence-corrected chi connectivity index (χ2v) is 6.06. The molecule has 0 saturated heterocycles. The average molecular weight is 341 g/mol. The van der Waals surface area contributed by atoms with Crippen molar-refractivity contribution < 1.29 is 14.3 Å². The zero-order valence-corrected chi connectivity index (χ0v) is 14.7. The first-order valence-corrected chi connectivity index (χ1v) is 8.15. The van der Waals surface area contributed by atoms with Crippen molar-refractivity contribution >= 4 is 11.8 Å². The molecule has 0 fully saturated rings. The predicted molar refractivity (Wildman–Crippen MR) is 95.6 cm³/mol. The number of ether oxygens (including phenoxy) is 1. The van der Waals surface area contributed by atoms with Gasteiger partial charge in [-0.1, -0.05) is 26.0 Å². The maximum Gasteiger partial charge on any atom is 0.269 e. The number of benzene rings is 1. The molecule has 0 bridgehead atoms. The molecule has 6 heteroatoms. The third-order valence-electron chi connectivity index (χ3n) is 3.54. The lowest BCUT2D eigenvalue weighted by molar-refractivity contribution is 0.0944. The van der Waals surface area contributed by atoms with Crippen LogP contribution in [0.3, 0.4) is 0 Å². The molecule has 0 aliphatic rings. The fourth-order valence-electron chi connectivity index (χ4n) is 2.11. The van der Waals surface area contributed by atoms with Crippen molar-refractivity contribution in [2.75, 3.05) is 13.7 Å². The summed E-state index contributed by atoms with van der Waals surface area (Å²) in [5.74, 6) is 0.579. The Morgan fingerprint density at radius 1 is 1.08 bits per heavy atom. The van der Waals surface area contributed by atoms with Crippen molar-refractivity contribution in [1.82, 2.24) is 15.6 Å². The van der Waals surface area contributed by atoms with E-state index in [-0.39, 0.29) is 17.5 Å². The highest BCUT2D eigenvalue weighted by Crippen LogP contribution is 2.11. The maximum absolute atomic E-state index is 12.3. The van der Waals surface area contributed by atoms with Crippen LogP contribution in [-0.4, -0.2) is 30.5 Å². The second-order valence-electron chi connectivity index (χ2n) is 6.06. The molecule has 25 heavy (non-hydrogen) atoms. The molecule has 0 unspecified atom stereocenters. The SMILES string of the molecule is COc1ccc(CNC(=O)c2ccnc(C(=O)NCC(C)C)c2)cc1. The molecule has 1 heterocycles. The number of methoxy groups -OCH3 is 1. The summed E-state index contributed by atoms with van der Waals surface area (Å²) >= 11 is 0. The summed E-state index contributed by atoms with van der Waals surface area (Å²) < 4.78 is 5.10. The van der Waals surface area contributed by atoms with Crippen LogP contribution < -0.4 is 15.4 Å². The molecule has 2 aromatic rings. The highest BCUT2D eigenvalue weighted by atomic mass is 16.5. The molecule has 132 valence electrons. The molecule has 1 aromatic carbocycles. The van der Waals surface area contributed by atoms with E-state index in [1.165, 1.54) is 12.3 Å². The number of pyridine rings is 1. The summed E-state index contributed by atoms with van der Waals surface area (Å²) in [5, 5.41) is 5.62. The Kier molecular flexibility index (Phi) is 6.51. The van der Waals surface area contributed by atoms with Gasteiger partial charge in [0.05, 0.1) is 7.11 Å². The fourth-order valence-corrected chi connectivity index (χ4v) is 2.11. The monoisotopic (exact) mass is 341 g/mol. The van der Waals surface area contributed by atoms with Crippen LogP contribution >= 0.6 is 0 Å². The van der Waals surface area contributed by atoms with Crippen LogP contribution in [0, 0.1) is 5.92 Å². The zero-order valence-electron chi connectivity index (χ0n) is 14.7. The van der Waals surface area contributed by atoms with Gasteiger partial charge in [-0.05, 0) is 35.7 Å². The van der Waals surface area contributed by atoms with Gasteiger partial charge in [-0.25, -0.2) is 0 Å². The van der Waals surface area contributed by atoms with Crippen LogP contribution in [0.2, 0.25) is 0 Å². The standard InChI is InChI=1S/C19H23N3O3/c1-13(2)11-21-19(24)17-10-15(8-9-20-17)18(23)22-12-14-4-6-16(25-3)7-5-14/h4-10,13H,11-12H2,1-3H3,(H,21,24)(H,22,23). The van der Waals surface area contributed by atoms with Gasteiger partial charge in [-0.15, -0.1) is 0 Å². The van der Waals surface area contributed by atoms with Gasteiger partial charge in [0.2, 0.25) is 0 Å². The molecule has 1 aromatic heterocycles. The number of amides is 2. The van der Waals surface area contributed by atoms with Gasteiger partial charge in [-0.2, -0.15) is 0 Å². The molecular weight excluding hydrogens is 318 g/mol. The predicted octanol–water partition coefficient (Wildman–Crippen LogP) is 2.41. The van der Waals surface area contributed by atoms with Gasteiger partial charge in [0.1, 0.15) is 11.4 Å². The highest BCUT2D eigenvalue weighted by Gasteiger charge is 2.12. The van der Waals surface area contributed by atoms with Gasteiger partial charge in [0.15, 0.2) is 0 Å². The minimum Gasteiger partial charge on any atom is -0.497 e. The van der Waals surface area contributed by atoms with Gasteiger partial charge in [0, 0.05) is 24.8 Å². The zero-order chi connectivity index (χ0) is 18.2. The summed E-state index contributed by atoms with van der Waals surface area (Å²) in [5.41, 5.74) is 1.59. The summed E-state index contributed by atoms with van der Waals surface area (Å²) in [6.45, 7) is 4.97. The molecule has 0 spiro atoms. The molecule has 2 N–H and O–H groups in total. The van der Waals surface area contributed by atoms with Crippen LogP contribution in [0.25, 0.3) is 0 Å². The van der Waals surface area contributed by atoms with Crippen LogP contribution in [0.1, 0.15) is 40.3 Å². The van der Waals surface area contributed by atoms with Gasteiger partial charge in [0.25, 0.3) is 11.8 Å². The smallest absolute Gasteiger partial charge is 0.269 e. The van der Waals surface area contributed by atoms with Crippen molar-refractivity contribution in [3.63, 3.8) is 0 Å². The maximum atomic E-state index is 12.3. The quantitative estimate of drug-likeness (QED) is 0.810. The third kappa shape index (κ3) is 5.60. The van der Waals surface area contributed by atoms with Crippen molar-refractivity contribution in [3.8, 4) is 5.75 Å². The first-order chi connectivity index (χ1) is 12.0. The lowest BCUT2D eigenvalue weighted by Gasteiger charge is -2.09. The van der Waals surface area contributed by atoms with E-state index >= 15 is 0 Å². The van der Waals surface area contributed by atoms with E-state index in [1.54, 1.807) is 13.2 Å². The molecular formula is C19H23N3O3. The van der Waals surface area contributed by atoms with E-state index in [0.717, 1.165) is 11.3 Å². The minimum atomic E-state index is -0.279. The number of nitrogens with one attached hydrogen (secondary N) is 2. The number of nitrogens with zero attached hydrogens (tertiary/aromatic N) is 1. The Morgan fingerprint density at radius 2 is 1.80 bits per heavy atom. The second kappa shape index (κ2) is 8.82. The lowest BCUT2D eigenvalue weighted by atomic mass is 10.1. The molecule has 2 amide bonds. The Morgan fingerprint density at radius 3 is 2.44 bits per heavy atom. The Hall–Kier alpha value is -2.89. The topological polar surface area (TPSA) is 80.3 Å². The molecule has 0 atom stereocenters. The van der Waals surface area contributed by atoms with E-state index in [1.807, 2.05) is 38.1 Å². The Bertz CT molecular complexity index is 727. The number of carbonyl (C=O) groups is 2. The first-order valence-electron chi connectivity index (χ1n) is 8.15. The molecule has 0 saturated carbocycles. The number of hydrogen-bond acceptors (Lipinski definition) is 4. The molecule has 0 radical (unpaired) electrons. The van der Waals surface area contributed by atoms with Crippen molar-refractivity contribution in [3.05, 3.63) is 59.4 Å². The van der Waals surface area contributed by atoms with E-state index < -0.39 is 0 Å². The van der Waals surface area contributed by atoms with E-state index in [2.05, 4.69) is 15.6 Å². The Labute approximate surface area is 147 Å². The normalized spacial score (nSPS) is 10.4. The van der Waals surface area contributed by atoms with Crippen molar-refractivity contribution in [1.29, 1.82) is 0 Å². The van der Waals surface area contributed by atoms with Crippen LogP contribution in [0.15, 0.2) is 42.6 Å². The number of hydrogen-bond donors (Lipinski definition) is 2.